The summed E-state index contributed by atoms with van der Waals surface area (Å²) in [5.41, 5.74) is 2.09. The number of hydrogen-bond donors (Lipinski definition) is 0. The van der Waals surface area contributed by atoms with Crippen molar-refractivity contribution < 1.29 is 8.81 Å². The number of anilines is 1. The zero-order valence-corrected chi connectivity index (χ0v) is 16.4. The van der Waals surface area contributed by atoms with E-state index in [0.717, 1.165) is 30.7 Å². The summed E-state index contributed by atoms with van der Waals surface area (Å²) in [4.78, 5) is 21.9. The largest absolute Gasteiger partial charge is 0.422 e. The fraction of sp³-hybridized carbons (Fsp3) is 0.304. The number of halogens is 1. The van der Waals surface area contributed by atoms with Crippen LogP contribution in [0.1, 0.15) is 12.8 Å². The van der Waals surface area contributed by atoms with E-state index in [1.54, 1.807) is 28.9 Å². The summed E-state index contributed by atoms with van der Waals surface area (Å²) in [6.07, 6.45) is 5.88. The highest BCUT2D eigenvalue weighted by molar-refractivity contribution is 5.84. The van der Waals surface area contributed by atoms with Crippen molar-refractivity contribution in [1.29, 1.82) is 0 Å². The Kier molecular flexibility index (Phi) is 3.92. The van der Waals surface area contributed by atoms with Crippen molar-refractivity contribution in [2.75, 3.05) is 31.1 Å². The summed E-state index contributed by atoms with van der Waals surface area (Å²) in [5.74, 6) is -0.430. The number of aromatic nitrogens is 2. The maximum Gasteiger partial charge on any atom is 0.345 e. The van der Waals surface area contributed by atoms with Gasteiger partial charge >= 0.3 is 5.63 Å². The van der Waals surface area contributed by atoms with Crippen LogP contribution >= 0.6 is 0 Å². The van der Waals surface area contributed by atoms with E-state index in [9.17, 15) is 9.18 Å². The Labute approximate surface area is 172 Å². The molecule has 0 aliphatic carbocycles. The third-order valence-electron chi connectivity index (χ3n) is 6.38. The van der Waals surface area contributed by atoms with Crippen molar-refractivity contribution in [3.05, 3.63) is 65.0 Å². The number of nitrogens with zero attached hydrogens (tertiary/aromatic N) is 4. The van der Waals surface area contributed by atoms with Crippen LogP contribution in [0.15, 0.2) is 58.0 Å². The monoisotopic (exact) mass is 404 g/mol. The van der Waals surface area contributed by atoms with Crippen molar-refractivity contribution in [1.82, 2.24) is 14.3 Å². The molecule has 2 saturated heterocycles. The van der Waals surface area contributed by atoms with Crippen LogP contribution in [0.25, 0.3) is 27.9 Å². The van der Waals surface area contributed by atoms with E-state index in [0.29, 0.717) is 22.9 Å². The predicted octanol–water partition coefficient (Wildman–Crippen LogP) is 3.53. The van der Waals surface area contributed by atoms with Crippen LogP contribution in [-0.4, -0.2) is 46.5 Å². The van der Waals surface area contributed by atoms with E-state index in [-0.39, 0.29) is 5.65 Å². The van der Waals surface area contributed by atoms with Gasteiger partial charge in [-0.05, 0) is 49.7 Å². The highest BCUT2D eigenvalue weighted by Crippen LogP contribution is 2.29. The molecule has 0 unspecified atom stereocenters. The normalized spacial score (nSPS) is 19.6. The van der Waals surface area contributed by atoms with Crippen LogP contribution in [0.4, 0.5) is 10.1 Å². The molecule has 0 radical (unpaired) electrons. The van der Waals surface area contributed by atoms with Crippen molar-refractivity contribution >= 4 is 22.3 Å². The van der Waals surface area contributed by atoms with Crippen molar-refractivity contribution in [3.63, 3.8) is 0 Å². The number of imidazole rings is 1. The molecule has 0 spiro atoms. The minimum Gasteiger partial charge on any atom is -0.422 e. The molecule has 152 valence electrons. The summed E-state index contributed by atoms with van der Waals surface area (Å²) in [5, 5.41) is 0.824. The van der Waals surface area contributed by atoms with E-state index >= 15 is 0 Å². The van der Waals surface area contributed by atoms with Crippen molar-refractivity contribution in [2.24, 2.45) is 0 Å². The van der Waals surface area contributed by atoms with Gasteiger partial charge in [-0.3, -0.25) is 4.90 Å². The Morgan fingerprint density at radius 3 is 2.97 bits per heavy atom. The van der Waals surface area contributed by atoms with Crippen LogP contribution in [0.3, 0.4) is 0 Å². The first-order chi connectivity index (χ1) is 14.7. The summed E-state index contributed by atoms with van der Waals surface area (Å²) in [7, 11) is 0. The number of rotatable bonds is 2. The van der Waals surface area contributed by atoms with Gasteiger partial charge in [0.15, 0.2) is 11.5 Å². The molecule has 0 N–H and O–H groups in total. The van der Waals surface area contributed by atoms with Gasteiger partial charge in [-0.2, -0.15) is 0 Å². The molecule has 2 fully saturated rings. The lowest BCUT2D eigenvalue weighted by Gasteiger charge is -2.38. The van der Waals surface area contributed by atoms with E-state index < -0.39 is 11.4 Å². The summed E-state index contributed by atoms with van der Waals surface area (Å²) in [6, 6.07) is 11.4. The third-order valence-corrected chi connectivity index (χ3v) is 6.38. The fourth-order valence-corrected chi connectivity index (χ4v) is 4.81. The SMILES string of the molecule is O=c1oc2cc(N3CCN4CCC[C@H]4C3)ccc2cc1-c1cn2cccc(F)c2n1. The zero-order valence-electron chi connectivity index (χ0n) is 16.4. The maximum absolute atomic E-state index is 14.0. The number of hydrogen-bond acceptors (Lipinski definition) is 5. The molecule has 0 bridgehead atoms. The topological polar surface area (TPSA) is 54.0 Å². The summed E-state index contributed by atoms with van der Waals surface area (Å²) < 4.78 is 21.2. The molecule has 0 saturated carbocycles. The van der Waals surface area contributed by atoms with E-state index in [4.69, 9.17) is 4.42 Å². The maximum atomic E-state index is 14.0. The molecular weight excluding hydrogens is 383 g/mol. The van der Waals surface area contributed by atoms with Gasteiger partial charge in [0.05, 0.1) is 11.3 Å². The second kappa shape index (κ2) is 6.67. The molecule has 1 aromatic carbocycles. The molecule has 4 aromatic rings. The van der Waals surface area contributed by atoms with Gasteiger partial charge in [-0.1, -0.05) is 0 Å². The smallest absolute Gasteiger partial charge is 0.345 e. The van der Waals surface area contributed by atoms with E-state index in [2.05, 4.69) is 20.9 Å². The summed E-state index contributed by atoms with van der Waals surface area (Å²) >= 11 is 0. The highest BCUT2D eigenvalue weighted by Gasteiger charge is 2.30. The van der Waals surface area contributed by atoms with Gasteiger partial charge in [0.2, 0.25) is 0 Å². The molecule has 1 atom stereocenters. The number of piperazine rings is 1. The van der Waals surface area contributed by atoms with Gasteiger partial charge < -0.3 is 13.7 Å². The van der Waals surface area contributed by atoms with Crippen LogP contribution in [0.2, 0.25) is 0 Å². The van der Waals surface area contributed by atoms with Crippen LogP contribution in [0.5, 0.6) is 0 Å². The second-order valence-corrected chi connectivity index (χ2v) is 8.16. The van der Waals surface area contributed by atoms with Crippen LogP contribution in [-0.2, 0) is 0 Å². The van der Waals surface area contributed by atoms with Gasteiger partial charge in [0.25, 0.3) is 0 Å². The van der Waals surface area contributed by atoms with Gasteiger partial charge in [-0.25, -0.2) is 14.2 Å². The molecule has 2 aliphatic rings. The van der Waals surface area contributed by atoms with E-state index in [1.165, 1.54) is 25.5 Å². The first-order valence-electron chi connectivity index (χ1n) is 10.4. The second-order valence-electron chi connectivity index (χ2n) is 8.16. The standard InChI is InChI=1S/C23H21FN4O2/c24-19-4-2-8-28-14-20(25-22(19)28)18-11-15-5-6-16(12-21(15)30-23(18)29)27-10-9-26-7-1-3-17(26)13-27/h2,4-6,8,11-12,14,17H,1,3,7,9-10,13H2/t17-/m0/s1. The van der Waals surface area contributed by atoms with Crippen LogP contribution < -0.4 is 10.5 Å². The van der Waals surface area contributed by atoms with Crippen LogP contribution in [0, 0.1) is 5.82 Å². The number of benzene rings is 1. The fourth-order valence-electron chi connectivity index (χ4n) is 4.81. The predicted molar refractivity (Wildman–Crippen MR) is 113 cm³/mol. The Morgan fingerprint density at radius 1 is 1.13 bits per heavy atom. The average molecular weight is 404 g/mol. The van der Waals surface area contributed by atoms with Crippen molar-refractivity contribution in [3.8, 4) is 11.3 Å². The van der Waals surface area contributed by atoms with E-state index in [1.807, 2.05) is 12.1 Å². The molecule has 0 amide bonds. The minimum absolute atomic E-state index is 0.188. The first-order valence-corrected chi connectivity index (χ1v) is 10.4. The molecular formula is C23H21FN4O2. The summed E-state index contributed by atoms with van der Waals surface area (Å²) in [6.45, 7) is 4.29. The molecule has 7 heteroatoms. The van der Waals surface area contributed by atoms with Gasteiger partial charge in [0, 0.05) is 55.2 Å². The first kappa shape index (κ1) is 17.7. The van der Waals surface area contributed by atoms with Gasteiger partial charge in [0.1, 0.15) is 5.58 Å². The Hall–Kier alpha value is -3.19. The Bertz CT molecular complexity index is 1330. The lowest BCUT2D eigenvalue weighted by atomic mass is 10.1. The highest BCUT2D eigenvalue weighted by atomic mass is 19.1. The zero-order chi connectivity index (χ0) is 20.2. The van der Waals surface area contributed by atoms with Gasteiger partial charge in [-0.15, -0.1) is 0 Å². The Balaban J connectivity index is 1.37. The molecule has 2 aliphatic heterocycles. The average Bonchev–Trinajstić information content (AvgIpc) is 3.40. The molecule has 5 heterocycles. The molecule has 6 nitrogen and oxygen atoms in total. The quantitative estimate of drug-likeness (QED) is 0.479. The van der Waals surface area contributed by atoms with Crippen molar-refractivity contribution in [2.45, 2.75) is 18.9 Å². The third kappa shape index (κ3) is 2.81. The lowest BCUT2D eigenvalue weighted by Crippen LogP contribution is -2.50. The molecule has 30 heavy (non-hydrogen) atoms. The lowest BCUT2D eigenvalue weighted by molar-refractivity contribution is 0.231. The molecule has 3 aromatic heterocycles. The minimum atomic E-state index is -0.468. The Morgan fingerprint density at radius 2 is 2.07 bits per heavy atom. The number of pyridine rings is 1. The number of fused-ring (bicyclic) bond motifs is 3. The molecule has 6 rings (SSSR count).